The molecule has 0 aliphatic carbocycles. The van der Waals surface area contributed by atoms with Crippen LogP contribution in [-0.2, 0) is 6.61 Å². The molecule has 0 radical (unpaired) electrons. The van der Waals surface area contributed by atoms with Crippen LogP contribution in [0.2, 0.25) is 0 Å². The van der Waals surface area contributed by atoms with Gasteiger partial charge >= 0.3 is 0 Å². The first-order chi connectivity index (χ1) is 10.1. The van der Waals surface area contributed by atoms with Crippen LogP contribution >= 0.6 is 27.3 Å². The van der Waals surface area contributed by atoms with Crippen LogP contribution in [0.5, 0.6) is 5.75 Å². The summed E-state index contributed by atoms with van der Waals surface area (Å²) in [5, 5.41) is 13.2. The average molecular weight is 363 g/mol. The number of ether oxygens (including phenoxy) is 1. The fraction of sp³-hybridized carbons (Fsp3) is 0.176. The molecule has 0 unspecified atom stereocenters. The summed E-state index contributed by atoms with van der Waals surface area (Å²) < 4.78 is 8.13. The van der Waals surface area contributed by atoms with Gasteiger partial charge in [0.1, 0.15) is 12.4 Å². The topological polar surface area (TPSA) is 29.5 Å². The van der Waals surface area contributed by atoms with Gasteiger partial charge in [-0.2, -0.15) is 0 Å². The van der Waals surface area contributed by atoms with Crippen molar-refractivity contribution in [2.75, 3.05) is 0 Å². The molecule has 2 nitrogen and oxygen atoms in total. The van der Waals surface area contributed by atoms with E-state index in [0.29, 0.717) is 6.61 Å². The van der Waals surface area contributed by atoms with Crippen molar-refractivity contribution in [2.45, 2.75) is 19.6 Å². The van der Waals surface area contributed by atoms with E-state index in [-0.39, 0.29) is 0 Å². The van der Waals surface area contributed by atoms with Crippen LogP contribution in [0.25, 0.3) is 10.1 Å². The molecule has 0 spiro atoms. The second-order valence-electron chi connectivity index (χ2n) is 4.90. The summed E-state index contributed by atoms with van der Waals surface area (Å²) in [5.74, 6) is 0.725. The van der Waals surface area contributed by atoms with Gasteiger partial charge in [0, 0.05) is 20.3 Å². The van der Waals surface area contributed by atoms with Crippen molar-refractivity contribution in [1.29, 1.82) is 0 Å². The van der Waals surface area contributed by atoms with Gasteiger partial charge in [0.25, 0.3) is 0 Å². The van der Waals surface area contributed by atoms with Crippen molar-refractivity contribution < 1.29 is 9.84 Å². The van der Waals surface area contributed by atoms with Gasteiger partial charge in [-0.3, -0.25) is 0 Å². The molecule has 0 amide bonds. The quantitative estimate of drug-likeness (QED) is 0.682. The number of aliphatic hydroxyl groups is 1. The number of fused-ring (bicyclic) bond motifs is 1. The lowest BCUT2D eigenvalue weighted by atomic mass is 10.1. The highest BCUT2D eigenvalue weighted by Gasteiger charge is 2.11. The predicted molar refractivity (Wildman–Crippen MR) is 90.9 cm³/mol. The zero-order chi connectivity index (χ0) is 14.8. The Kier molecular flexibility index (Phi) is 4.29. The van der Waals surface area contributed by atoms with Crippen molar-refractivity contribution in [2.24, 2.45) is 0 Å². The summed E-state index contributed by atoms with van der Waals surface area (Å²) in [6.45, 7) is 2.25. The van der Waals surface area contributed by atoms with Crippen molar-refractivity contribution >= 4 is 37.4 Å². The van der Waals surface area contributed by atoms with E-state index in [1.54, 1.807) is 18.3 Å². The summed E-state index contributed by atoms with van der Waals surface area (Å²) >= 11 is 5.15. The number of thiophene rings is 1. The van der Waals surface area contributed by atoms with Gasteiger partial charge in [-0.05, 0) is 42.0 Å². The van der Waals surface area contributed by atoms with Crippen LogP contribution in [0, 0.1) is 0 Å². The Morgan fingerprint density at radius 2 is 2.05 bits per heavy atom. The maximum atomic E-state index is 9.86. The number of hydrogen-bond donors (Lipinski definition) is 1. The molecule has 3 rings (SSSR count). The highest BCUT2D eigenvalue weighted by Crippen LogP contribution is 2.31. The fourth-order valence-corrected chi connectivity index (χ4v) is 3.60. The first kappa shape index (κ1) is 14.6. The van der Waals surface area contributed by atoms with E-state index < -0.39 is 6.10 Å². The fourth-order valence-electron chi connectivity index (χ4n) is 2.28. The van der Waals surface area contributed by atoms with Crippen molar-refractivity contribution in [1.82, 2.24) is 0 Å². The van der Waals surface area contributed by atoms with Crippen molar-refractivity contribution in [3.63, 3.8) is 0 Å². The molecule has 0 saturated carbocycles. The lowest BCUT2D eigenvalue weighted by molar-refractivity contribution is 0.190. The number of aliphatic hydroxyl groups excluding tert-OH is 1. The summed E-state index contributed by atoms with van der Waals surface area (Å²) in [7, 11) is 0. The maximum absolute atomic E-state index is 9.86. The number of rotatable bonds is 4. The summed E-state index contributed by atoms with van der Waals surface area (Å²) in [5.41, 5.74) is 1.97. The Balaban J connectivity index is 1.85. The number of hydrogen-bond acceptors (Lipinski definition) is 3. The second-order valence-corrected chi connectivity index (χ2v) is 6.73. The predicted octanol–water partition coefficient (Wildman–Crippen LogP) is 5.30. The Labute approximate surface area is 136 Å². The van der Waals surface area contributed by atoms with E-state index in [4.69, 9.17) is 4.74 Å². The lowest BCUT2D eigenvalue weighted by Gasteiger charge is -2.13. The number of halogens is 1. The third-order valence-corrected chi connectivity index (χ3v) is 4.87. The van der Waals surface area contributed by atoms with E-state index in [0.717, 1.165) is 15.8 Å². The third kappa shape index (κ3) is 3.12. The maximum Gasteiger partial charge on any atom is 0.125 e. The second kappa shape index (κ2) is 6.18. The zero-order valence-electron chi connectivity index (χ0n) is 11.5. The highest BCUT2D eigenvalue weighted by atomic mass is 79.9. The smallest absolute Gasteiger partial charge is 0.125 e. The van der Waals surface area contributed by atoms with E-state index >= 15 is 0 Å². The minimum atomic E-state index is -0.559. The molecule has 21 heavy (non-hydrogen) atoms. The van der Waals surface area contributed by atoms with E-state index in [1.165, 1.54) is 15.6 Å². The van der Waals surface area contributed by atoms with Gasteiger partial charge in [-0.1, -0.05) is 34.1 Å². The largest absolute Gasteiger partial charge is 0.488 e. The average Bonchev–Trinajstić information content (AvgIpc) is 2.89. The third-order valence-electron chi connectivity index (χ3n) is 3.37. The Morgan fingerprint density at radius 3 is 2.86 bits per heavy atom. The molecular weight excluding hydrogens is 348 g/mol. The van der Waals surface area contributed by atoms with Gasteiger partial charge in [0.2, 0.25) is 0 Å². The van der Waals surface area contributed by atoms with E-state index in [9.17, 15) is 5.11 Å². The summed E-state index contributed by atoms with van der Waals surface area (Å²) in [4.78, 5) is 0. The van der Waals surface area contributed by atoms with E-state index in [2.05, 4.69) is 33.4 Å². The molecule has 4 heteroatoms. The Bertz CT molecular complexity index is 764. The summed E-state index contributed by atoms with van der Waals surface area (Å²) in [6.07, 6.45) is -0.559. The van der Waals surface area contributed by atoms with Gasteiger partial charge in [-0.15, -0.1) is 11.3 Å². The molecule has 0 aliphatic rings. The first-order valence-electron chi connectivity index (χ1n) is 6.70. The standard InChI is InChI=1S/C17H15BrO2S/c1-11(19)15-8-13(18)6-7-16(15)20-9-12-10-21-17-5-3-2-4-14(12)17/h2-8,10-11,19H,9H2,1H3/t11-/m1/s1. The normalized spacial score (nSPS) is 12.5. The lowest BCUT2D eigenvalue weighted by Crippen LogP contribution is -2.00. The summed E-state index contributed by atoms with van der Waals surface area (Å²) in [6, 6.07) is 14.0. The highest BCUT2D eigenvalue weighted by molar-refractivity contribution is 9.10. The zero-order valence-corrected chi connectivity index (χ0v) is 13.9. The van der Waals surface area contributed by atoms with E-state index in [1.807, 2.05) is 30.3 Å². The van der Waals surface area contributed by atoms with Gasteiger partial charge in [-0.25, -0.2) is 0 Å². The molecule has 0 bridgehead atoms. The van der Waals surface area contributed by atoms with Crippen LogP contribution < -0.4 is 4.74 Å². The number of benzene rings is 2. The SMILES string of the molecule is C[C@@H](O)c1cc(Br)ccc1OCc1csc2ccccc12. The van der Waals surface area contributed by atoms with Crippen LogP contribution in [0.1, 0.15) is 24.2 Å². The minimum absolute atomic E-state index is 0.505. The van der Waals surface area contributed by atoms with Crippen LogP contribution in [0.4, 0.5) is 0 Å². The van der Waals surface area contributed by atoms with Gasteiger partial charge in [0.05, 0.1) is 6.10 Å². The molecule has 0 aliphatic heterocycles. The molecule has 1 N–H and O–H groups in total. The molecule has 108 valence electrons. The molecule has 2 aromatic carbocycles. The molecule has 0 saturated heterocycles. The van der Waals surface area contributed by atoms with Crippen LogP contribution in [0.3, 0.4) is 0 Å². The molecule has 1 aromatic heterocycles. The Morgan fingerprint density at radius 1 is 1.24 bits per heavy atom. The Hall–Kier alpha value is -1.36. The molecule has 0 fully saturated rings. The first-order valence-corrected chi connectivity index (χ1v) is 8.38. The van der Waals surface area contributed by atoms with Crippen LogP contribution in [-0.4, -0.2) is 5.11 Å². The molecule has 1 atom stereocenters. The van der Waals surface area contributed by atoms with Crippen molar-refractivity contribution in [3.8, 4) is 5.75 Å². The molecule has 3 aromatic rings. The monoisotopic (exact) mass is 362 g/mol. The molecular formula is C17H15BrO2S. The van der Waals surface area contributed by atoms with Gasteiger partial charge in [0.15, 0.2) is 0 Å². The molecule has 1 heterocycles. The van der Waals surface area contributed by atoms with Crippen LogP contribution in [0.15, 0.2) is 52.3 Å². The minimum Gasteiger partial charge on any atom is -0.488 e. The van der Waals surface area contributed by atoms with Gasteiger partial charge < -0.3 is 9.84 Å². The van der Waals surface area contributed by atoms with Crippen molar-refractivity contribution in [3.05, 3.63) is 63.4 Å².